The Morgan fingerprint density at radius 3 is 1.46 bits per heavy atom. The normalized spacial score (nSPS) is 12.5. The monoisotopic (exact) mass is 305 g/mol. The summed E-state index contributed by atoms with van der Waals surface area (Å²) in [6, 6.07) is 14.9. The molecule has 2 heteroatoms. The number of rotatable bonds is 2. The zero-order valence-corrected chi connectivity index (χ0v) is 12.9. The Kier molecular flexibility index (Phi) is 4.68. The summed E-state index contributed by atoms with van der Waals surface area (Å²) < 4.78 is 0. The molecule has 0 aliphatic heterocycles. The fraction of sp³-hybridized carbons (Fsp3) is 0. The van der Waals surface area contributed by atoms with E-state index in [1.54, 1.807) is 0 Å². The van der Waals surface area contributed by atoms with E-state index in [0.29, 0.717) is 0 Å². The Bertz CT molecular complexity index is 842. The number of allylic oxidation sites excluding steroid dienone is 4. The Hall–Kier alpha value is -3.40. The van der Waals surface area contributed by atoms with Crippen LogP contribution in [0.25, 0.3) is 0 Å². The van der Waals surface area contributed by atoms with Crippen LogP contribution in [-0.2, 0) is 0 Å². The molecule has 1 aliphatic carbocycles. The van der Waals surface area contributed by atoms with E-state index in [-0.39, 0.29) is 0 Å². The maximum atomic E-state index is 7.07. The van der Waals surface area contributed by atoms with Crippen LogP contribution in [0.1, 0.15) is 11.1 Å². The van der Waals surface area contributed by atoms with Crippen LogP contribution in [0.3, 0.4) is 0 Å². The quantitative estimate of drug-likeness (QED) is 0.441. The average Bonchev–Trinajstić information content (AvgIpc) is 2.65. The van der Waals surface area contributed by atoms with Crippen LogP contribution in [0.4, 0.5) is 11.4 Å². The van der Waals surface area contributed by atoms with Crippen LogP contribution in [0, 0.1) is 24.7 Å². The molecule has 0 heterocycles. The Morgan fingerprint density at radius 1 is 0.667 bits per heavy atom. The van der Waals surface area contributed by atoms with Gasteiger partial charge in [-0.05, 0) is 24.3 Å². The number of hydrogen-bond donors (Lipinski definition) is 0. The molecule has 0 aromatic heterocycles. The van der Waals surface area contributed by atoms with Crippen LogP contribution < -0.4 is 0 Å². The SMILES string of the molecule is [C+]#Cc1ccc(N=C2C=CC(=Nc3ccc(C#C)cc3)C=C2)cc1. The zero-order valence-electron chi connectivity index (χ0n) is 12.9. The number of terminal acetylenes is 1. The molecule has 1 aliphatic rings. The van der Waals surface area contributed by atoms with Gasteiger partial charge < -0.3 is 0 Å². The molecule has 24 heavy (non-hydrogen) atoms. The molecule has 0 radical (unpaired) electrons. The molecule has 0 spiro atoms. The summed E-state index contributed by atoms with van der Waals surface area (Å²) in [7, 11) is 0. The fourth-order valence-electron chi connectivity index (χ4n) is 2.15. The van der Waals surface area contributed by atoms with Crippen LogP contribution in [0.5, 0.6) is 0 Å². The van der Waals surface area contributed by atoms with Crippen molar-refractivity contribution in [2.75, 3.05) is 0 Å². The van der Waals surface area contributed by atoms with Crippen molar-refractivity contribution >= 4 is 22.8 Å². The number of hydrogen-bond acceptors (Lipinski definition) is 2. The molecule has 0 atom stereocenters. The van der Waals surface area contributed by atoms with E-state index in [1.807, 2.05) is 72.8 Å². The van der Waals surface area contributed by atoms with Gasteiger partial charge in [-0.2, -0.15) is 0 Å². The molecular formula is C22H13N2+. The van der Waals surface area contributed by atoms with Gasteiger partial charge in [0.25, 0.3) is 0 Å². The molecule has 0 fully saturated rings. The van der Waals surface area contributed by atoms with Gasteiger partial charge in [0, 0.05) is 5.56 Å². The Balaban J connectivity index is 1.74. The van der Waals surface area contributed by atoms with Crippen molar-refractivity contribution in [1.82, 2.24) is 0 Å². The molecule has 0 saturated heterocycles. The first-order chi connectivity index (χ1) is 11.8. The van der Waals surface area contributed by atoms with Gasteiger partial charge in [-0.3, -0.25) is 0 Å². The van der Waals surface area contributed by atoms with Gasteiger partial charge in [-0.25, -0.2) is 0 Å². The third-order valence-corrected chi connectivity index (χ3v) is 3.41. The fourth-order valence-corrected chi connectivity index (χ4v) is 2.15. The molecule has 0 bridgehead atoms. The minimum absolute atomic E-state index is 0.735. The molecule has 0 unspecified atom stereocenters. The summed E-state index contributed by atoms with van der Waals surface area (Å²) >= 11 is 0. The number of benzene rings is 2. The average molecular weight is 305 g/mol. The topological polar surface area (TPSA) is 24.7 Å². The summed E-state index contributed by atoms with van der Waals surface area (Å²) in [4.78, 5) is 9.08. The second kappa shape index (κ2) is 7.24. The summed E-state index contributed by atoms with van der Waals surface area (Å²) in [5, 5.41) is 0. The standard InChI is InChI=1S/C22H13N2/c1-3-17-5-9-19(10-6-17)23-21-13-15-22(16-14-21)24-20-11-7-18(4-2)8-12-20/h1,5-16H/q+1. The van der Waals surface area contributed by atoms with E-state index >= 15 is 0 Å². The third kappa shape index (κ3) is 3.87. The van der Waals surface area contributed by atoms with E-state index in [2.05, 4.69) is 21.8 Å². The van der Waals surface area contributed by atoms with E-state index in [0.717, 1.165) is 33.9 Å². The van der Waals surface area contributed by atoms with Gasteiger partial charge in [0.15, 0.2) is 0 Å². The molecule has 0 saturated carbocycles. The van der Waals surface area contributed by atoms with Gasteiger partial charge in [-0.1, -0.05) is 5.92 Å². The molecule has 2 aromatic carbocycles. The summed E-state index contributed by atoms with van der Waals surface area (Å²) in [6.07, 6.45) is 20.1. The van der Waals surface area contributed by atoms with Crippen molar-refractivity contribution in [1.29, 1.82) is 0 Å². The van der Waals surface area contributed by atoms with Crippen LogP contribution in [0.15, 0.2) is 82.8 Å². The summed E-state index contributed by atoms with van der Waals surface area (Å²) in [5.74, 6) is 4.93. The van der Waals surface area contributed by atoms with Gasteiger partial charge >= 0.3 is 99.3 Å². The van der Waals surface area contributed by atoms with Crippen molar-refractivity contribution in [3.63, 3.8) is 0 Å². The summed E-state index contributed by atoms with van der Waals surface area (Å²) in [5.41, 5.74) is 4.98. The van der Waals surface area contributed by atoms with E-state index in [9.17, 15) is 0 Å². The third-order valence-electron chi connectivity index (χ3n) is 3.41. The molecule has 110 valence electrons. The number of nitrogens with zero attached hydrogens (tertiary/aromatic N) is 2. The molecular weight excluding hydrogens is 292 g/mol. The van der Waals surface area contributed by atoms with Crippen LogP contribution in [-0.4, -0.2) is 11.4 Å². The molecule has 0 amide bonds. The minimum atomic E-state index is 0.735. The van der Waals surface area contributed by atoms with E-state index in [4.69, 9.17) is 12.8 Å². The second-order valence-corrected chi connectivity index (χ2v) is 5.10. The van der Waals surface area contributed by atoms with Crippen LogP contribution >= 0.6 is 0 Å². The predicted octanol–water partition coefficient (Wildman–Crippen LogP) is 4.58. The van der Waals surface area contributed by atoms with Crippen molar-refractivity contribution in [3.8, 4) is 18.3 Å². The van der Waals surface area contributed by atoms with Crippen molar-refractivity contribution < 1.29 is 0 Å². The van der Waals surface area contributed by atoms with E-state index < -0.39 is 0 Å². The van der Waals surface area contributed by atoms with Gasteiger partial charge in [-0.15, -0.1) is 6.42 Å². The van der Waals surface area contributed by atoms with Crippen molar-refractivity contribution in [3.05, 3.63) is 90.4 Å². The first-order valence-electron chi connectivity index (χ1n) is 7.40. The van der Waals surface area contributed by atoms with Crippen LogP contribution in [0.2, 0.25) is 0 Å². The van der Waals surface area contributed by atoms with Crippen molar-refractivity contribution in [2.45, 2.75) is 0 Å². The summed E-state index contributed by atoms with van der Waals surface area (Å²) in [6.45, 7) is 0. The Morgan fingerprint density at radius 2 is 1.08 bits per heavy atom. The predicted molar refractivity (Wildman–Crippen MR) is 99.5 cm³/mol. The molecule has 3 rings (SSSR count). The zero-order chi connectivity index (χ0) is 16.8. The van der Waals surface area contributed by atoms with Crippen molar-refractivity contribution in [2.24, 2.45) is 9.98 Å². The second-order valence-electron chi connectivity index (χ2n) is 5.10. The maximum absolute atomic E-state index is 7.07. The molecule has 2 aromatic rings. The first-order valence-corrected chi connectivity index (χ1v) is 7.40. The van der Waals surface area contributed by atoms with Gasteiger partial charge in [0.2, 0.25) is 0 Å². The number of aliphatic imine (C=N–C) groups is 2. The van der Waals surface area contributed by atoms with Gasteiger partial charge in [0.1, 0.15) is 0 Å². The molecule has 2 nitrogen and oxygen atoms in total. The molecule has 0 N–H and O–H groups in total. The first kappa shape index (κ1) is 15.5. The van der Waals surface area contributed by atoms with E-state index in [1.165, 1.54) is 0 Å². The van der Waals surface area contributed by atoms with Gasteiger partial charge in [0.05, 0.1) is 0 Å². The Labute approximate surface area is 142 Å².